The molecule has 0 aliphatic carbocycles. The Hall–Kier alpha value is -3.72. The zero-order chi connectivity index (χ0) is 20.8. The summed E-state index contributed by atoms with van der Waals surface area (Å²) in [6.07, 6.45) is 0. The molecule has 0 amide bonds. The lowest BCUT2D eigenvalue weighted by molar-refractivity contribution is -0.385. The monoisotopic (exact) mass is 411 g/mol. The molecule has 0 aliphatic heterocycles. The third-order valence-electron chi connectivity index (χ3n) is 3.93. The molecule has 0 saturated heterocycles. The summed E-state index contributed by atoms with van der Waals surface area (Å²) in [6.45, 7) is 1.82. The average Bonchev–Trinajstić information content (AvgIpc) is 3.25. The summed E-state index contributed by atoms with van der Waals surface area (Å²) in [5.41, 5.74) is 7.34. The van der Waals surface area contributed by atoms with Crippen LogP contribution in [0.5, 0.6) is 5.75 Å². The number of nitro benzene ring substituents is 1. The summed E-state index contributed by atoms with van der Waals surface area (Å²) in [6, 6.07) is 14.8. The first kappa shape index (κ1) is 20.0. The van der Waals surface area contributed by atoms with Crippen LogP contribution in [-0.4, -0.2) is 16.7 Å². The van der Waals surface area contributed by atoms with E-state index in [1.165, 1.54) is 23.5 Å². The molecule has 2 aromatic carbocycles. The van der Waals surface area contributed by atoms with Gasteiger partial charge in [0.2, 0.25) is 0 Å². The minimum Gasteiger partial charge on any atom is -0.489 e. The Labute approximate surface area is 170 Å². The van der Waals surface area contributed by atoms with Crippen LogP contribution in [0.2, 0.25) is 0 Å². The number of nitrogens with zero attached hydrogens (tertiary/aromatic N) is 2. The number of benzene rings is 2. The van der Waals surface area contributed by atoms with Crippen LogP contribution in [0.4, 0.5) is 5.69 Å². The Bertz CT molecular complexity index is 1060. The number of amidine groups is 1. The molecule has 0 atom stereocenters. The number of thiophene rings is 1. The van der Waals surface area contributed by atoms with Crippen LogP contribution in [0.3, 0.4) is 0 Å². The number of hydrogen-bond donors (Lipinski definition) is 1. The molecule has 0 spiro atoms. The number of hydrogen-bond acceptors (Lipinski definition) is 7. The van der Waals surface area contributed by atoms with E-state index in [9.17, 15) is 14.9 Å². The van der Waals surface area contributed by atoms with E-state index in [-0.39, 0.29) is 18.1 Å². The highest BCUT2D eigenvalue weighted by atomic mass is 32.1. The minimum atomic E-state index is -0.641. The quantitative estimate of drug-likeness (QED) is 0.206. The molecular formula is C20H17N3O5S. The Morgan fingerprint density at radius 2 is 2.03 bits per heavy atom. The normalized spacial score (nSPS) is 11.1. The predicted molar refractivity (Wildman–Crippen MR) is 109 cm³/mol. The van der Waals surface area contributed by atoms with Crippen LogP contribution in [-0.2, 0) is 11.4 Å². The van der Waals surface area contributed by atoms with E-state index in [4.69, 9.17) is 15.3 Å². The Morgan fingerprint density at radius 3 is 2.72 bits per heavy atom. The van der Waals surface area contributed by atoms with Gasteiger partial charge >= 0.3 is 5.97 Å². The fourth-order valence-corrected chi connectivity index (χ4v) is 3.11. The standard InChI is InChI=1S/C20H17N3O5S/c1-13-10-16(7-8-17(13)23(25)26)27-12-14-4-2-5-15(11-14)20(24)28-22-19(21)18-6-3-9-29-18/h2-11H,12H2,1H3,(H2,21,22). The van der Waals surface area contributed by atoms with Crippen molar-refractivity contribution in [2.75, 3.05) is 0 Å². The molecule has 1 aromatic heterocycles. The molecule has 148 valence electrons. The zero-order valence-electron chi connectivity index (χ0n) is 15.4. The lowest BCUT2D eigenvalue weighted by Gasteiger charge is -2.08. The number of ether oxygens (including phenoxy) is 1. The maximum absolute atomic E-state index is 12.2. The van der Waals surface area contributed by atoms with Gasteiger partial charge in [-0.1, -0.05) is 23.4 Å². The Kier molecular flexibility index (Phi) is 6.20. The van der Waals surface area contributed by atoms with Crippen LogP contribution in [0, 0.1) is 17.0 Å². The van der Waals surface area contributed by atoms with Crippen molar-refractivity contribution < 1.29 is 19.3 Å². The van der Waals surface area contributed by atoms with E-state index < -0.39 is 10.9 Å². The van der Waals surface area contributed by atoms with Crippen molar-refractivity contribution >= 4 is 28.8 Å². The maximum atomic E-state index is 12.2. The summed E-state index contributed by atoms with van der Waals surface area (Å²) < 4.78 is 5.67. The van der Waals surface area contributed by atoms with Crippen molar-refractivity contribution in [3.63, 3.8) is 0 Å². The third kappa shape index (κ3) is 5.17. The third-order valence-corrected chi connectivity index (χ3v) is 4.83. The summed E-state index contributed by atoms with van der Waals surface area (Å²) in [5, 5.41) is 16.4. The van der Waals surface area contributed by atoms with Crippen molar-refractivity contribution in [1.29, 1.82) is 0 Å². The number of oxime groups is 1. The van der Waals surface area contributed by atoms with Crippen LogP contribution in [0.15, 0.2) is 65.1 Å². The molecule has 0 radical (unpaired) electrons. The van der Waals surface area contributed by atoms with Crippen molar-refractivity contribution in [3.05, 3.63) is 91.7 Å². The molecule has 8 nitrogen and oxygen atoms in total. The molecule has 0 saturated carbocycles. The van der Waals surface area contributed by atoms with Gasteiger partial charge < -0.3 is 15.3 Å². The molecular weight excluding hydrogens is 394 g/mol. The maximum Gasteiger partial charge on any atom is 0.365 e. The average molecular weight is 411 g/mol. The minimum absolute atomic E-state index is 0.0319. The predicted octanol–water partition coefficient (Wildman–Crippen LogP) is 4.02. The number of carbonyl (C=O) groups is 1. The Balaban J connectivity index is 1.63. The molecule has 0 unspecified atom stereocenters. The Morgan fingerprint density at radius 1 is 1.21 bits per heavy atom. The molecule has 1 heterocycles. The van der Waals surface area contributed by atoms with Crippen LogP contribution < -0.4 is 10.5 Å². The second kappa shape index (κ2) is 8.98. The first-order valence-corrected chi connectivity index (χ1v) is 9.37. The highest BCUT2D eigenvalue weighted by Crippen LogP contribution is 2.23. The van der Waals surface area contributed by atoms with Gasteiger partial charge in [-0.3, -0.25) is 10.1 Å². The highest BCUT2D eigenvalue weighted by molar-refractivity contribution is 7.12. The fraction of sp³-hybridized carbons (Fsp3) is 0.100. The van der Waals surface area contributed by atoms with Crippen LogP contribution >= 0.6 is 11.3 Å². The van der Waals surface area contributed by atoms with Gasteiger partial charge in [0.25, 0.3) is 5.69 Å². The molecule has 29 heavy (non-hydrogen) atoms. The van der Waals surface area contributed by atoms with Crippen molar-refractivity contribution in [3.8, 4) is 5.75 Å². The summed E-state index contributed by atoms with van der Waals surface area (Å²) >= 11 is 1.39. The first-order valence-electron chi connectivity index (χ1n) is 8.49. The van der Waals surface area contributed by atoms with Gasteiger partial charge in [-0.2, -0.15) is 0 Å². The van der Waals surface area contributed by atoms with Gasteiger partial charge in [0.15, 0.2) is 5.84 Å². The van der Waals surface area contributed by atoms with Gasteiger partial charge in [-0.15, -0.1) is 11.3 Å². The smallest absolute Gasteiger partial charge is 0.365 e. The number of aryl methyl sites for hydroxylation is 1. The number of rotatable bonds is 7. The summed E-state index contributed by atoms with van der Waals surface area (Å²) in [5.74, 6) is -0.0201. The van der Waals surface area contributed by atoms with E-state index in [2.05, 4.69) is 5.16 Å². The van der Waals surface area contributed by atoms with E-state index >= 15 is 0 Å². The summed E-state index contributed by atoms with van der Waals surface area (Å²) in [4.78, 5) is 28.3. The second-order valence-electron chi connectivity index (χ2n) is 6.03. The molecule has 0 bridgehead atoms. The number of carbonyl (C=O) groups excluding carboxylic acids is 1. The molecule has 3 aromatic rings. The fourth-order valence-electron chi connectivity index (χ4n) is 2.49. The first-order chi connectivity index (χ1) is 13.9. The van der Waals surface area contributed by atoms with E-state index in [1.807, 2.05) is 11.4 Å². The van der Waals surface area contributed by atoms with Crippen molar-refractivity contribution in [2.24, 2.45) is 10.9 Å². The largest absolute Gasteiger partial charge is 0.489 e. The highest BCUT2D eigenvalue weighted by Gasteiger charge is 2.12. The van der Waals surface area contributed by atoms with Gasteiger partial charge in [-0.25, -0.2) is 4.79 Å². The molecule has 2 N–H and O–H groups in total. The molecule has 9 heteroatoms. The van der Waals surface area contributed by atoms with E-state index in [0.717, 1.165) is 5.56 Å². The zero-order valence-corrected chi connectivity index (χ0v) is 16.2. The SMILES string of the molecule is Cc1cc(OCc2cccc(C(=O)O/N=C(\N)c3cccs3)c2)ccc1[N+](=O)[O-]. The second-order valence-corrected chi connectivity index (χ2v) is 6.97. The number of nitrogens with two attached hydrogens (primary N) is 1. The van der Waals surface area contributed by atoms with Gasteiger partial charge in [0.1, 0.15) is 12.4 Å². The topological polar surface area (TPSA) is 117 Å². The number of nitro groups is 1. The van der Waals surface area contributed by atoms with Gasteiger partial charge in [0.05, 0.1) is 15.4 Å². The van der Waals surface area contributed by atoms with E-state index in [1.54, 1.807) is 43.3 Å². The summed E-state index contributed by atoms with van der Waals surface area (Å²) in [7, 11) is 0. The lowest BCUT2D eigenvalue weighted by Crippen LogP contribution is -2.13. The van der Waals surface area contributed by atoms with Crippen molar-refractivity contribution in [1.82, 2.24) is 0 Å². The van der Waals surface area contributed by atoms with Crippen LogP contribution in [0.1, 0.15) is 26.4 Å². The van der Waals surface area contributed by atoms with Gasteiger partial charge in [-0.05, 0) is 48.2 Å². The lowest BCUT2D eigenvalue weighted by atomic mass is 10.1. The van der Waals surface area contributed by atoms with Crippen LogP contribution in [0.25, 0.3) is 0 Å². The molecule has 0 fully saturated rings. The van der Waals surface area contributed by atoms with Gasteiger partial charge in [0, 0.05) is 11.6 Å². The molecule has 0 aliphatic rings. The van der Waals surface area contributed by atoms with E-state index in [0.29, 0.717) is 21.8 Å². The molecule has 3 rings (SSSR count). The van der Waals surface area contributed by atoms with Crippen molar-refractivity contribution in [2.45, 2.75) is 13.5 Å².